The van der Waals surface area contributed by atoms with Crippen LogP contribution in [-0.2, 0) is 24.4 Å². The predicted octanol–water partition coefficient (Wildman–Crippen LogP) is 3.04. The third-order valence-electron chi connectivity index (χ3n) is 4.60. The Labute approximate surface area is 159 Å². The Morgan fingerprint density at radius 3 is 2.73 bits per heavy atom. The molecular weight excluding hydrogens is 344 g/mol. The normalized spacial score (nSPS) is 14.8. The van der Waals surface area contributed by atoms with Crippen LogP contribution in [0.25, 0.3) is 0 Å². The maximum atomic E-state index is 11.8. The Hall–Kier alpha value is -2.34. The molecule has 3 rings (SSSR count). The summed E-state index contributed by atoms with van der Waals surface area (Å²) in [6, 6.07) is 10.5. The highest BCUT2D eigenvalue weighted by Gasteiger charge is 2.19. The SMILES string of the molecule is CN=C(NCc1cccc(CN2CCCC2=O)c1)NCc1sccc1C. The van der Waals surface area contributed by atoms with E-state index < -0.39 is 0 Å². The number of thiophene rings is 1. The van der Waals surface area contributed by atoms with E-state index in [4.69, 9.17) is 0 Å². The molecule has 138 valence electrons. The summed E-state index contributed by atoms with van der Waals surface area (Å²) in [7, 11) is 1.78. The van der Waals surface area contributed by atoms with E-state index in [1.54, 1.807) is 18.4 Å². The molecule has 0 bridgehead atoms. The highest BCUT2D eigenvalue weighted by atomic mass is 32.1. The smallest absolute Gasteiger partial charge is 0.222 e. The van der Waals surface area contributed by atoms with Crippen LogP contribution in [0.2, 0.25) is 0 Å². The number of likely N-dealkylation sites (tertiary alicyclic amines) is 1. The van der Waals surface area contributed by atoms with Gasteiger partial charge in [-0.25, -0.2) is 0 Å². The highest BCUT2D eigenvalue weighted by molar-refractivity contribution is 7.10. The molecule has 0 spiro atoms. The summed E-state index contributed by atoms with van der Waals surface area (Å²) in [6.07, 6.45) is 1.67. The molecule has 1 fully saturated rings. The monoisotopic (exact) mass is 370 g/mol. The Kier molecular flexibility index (Phi) is 6.28. The van der Waals surface area contributed by atoms with Crippen molar-refractivity contribution in [3.05, 3.63) is 57.3 Å². The first-order chi connectivity index (χ1) is 12.7. The topological polar surface area (TPSA) is 56.7 Å². The van der Waals surface area contributed by atoms with Crippen LogP contribution < -0.4 is 10.6 Å². The Balaban J connectivity index is 1.52. The first-order valence-corrected chi connectivity index (χ1v) is 9.87. The molecule has 26 heavy (non-hydrogen) atoms. The zero-order valence-electron chi connectivity index (χ0n) is 15.4. The van der Waals surface area contributed by atoms with E-state index in [1.165, 1.54) is 21.6 Å². The zero-order chi connectivity index (χ0) is 18.4. The first kappa shape index (κ1) is 18.5. The minimum Gasteiger partial charge on any atom is -0.352 e. The maximum absolute atomic E-state index is 11.8. The van der Waals surface area contributed by atoms with Crippen LogP contribution in [0.1, 0.15) is 34.4 Å². The fourth-order valence-corrected chi connectivity index (χ4v) is 3.93. The molecule has 0 aliphatic carbocycles. The second-order valence-corrected chi connectivity index (χ2v) is 7.55. The summed E-state index contributed by atoms with van der Waals surface area (Å²) < 4.78 is 0. The van der Waals surface area contributed by atoms with Crippen LogP contribution in [0.15, 0.2) is 40.7 Å². The summed E-state index contributed by atoms with van der Waals surface area (Å²) in [4.78, 5) is 19.4. The van der Waals surface area contributed by atoms with Gasteiger partial charge in [0, 0.05) is 38.0 Å². The molecule has 0 saturated carbocycles. The average Bonchev–Trinajstić information content (AvgIpc) is 3.24. The molecule has 1 aromatic heterocycles. The number of amides is 1. The second kappa shape index (κ2) is 8.85. The summed E-state index contributed by atoms with van der Waals surface area (Å²) in [5.74, 6) is 1.06. The van der Waals surface area contributed by atoms with Crippen LogP contribution in [0.4, 0.5) is 0 Å². The fourth-order valence-electron chi connectivity index (χ4n) is 3.09. The van der Waals surface area contributed by atoms with Gasteiger partial charge in [0.25, 0.3) is 0 Å². The second-order valence-electron chi connectivity index (χ2n) is 6.54. The van der Waals surface area contributed by atoms with Gasteiger partial charge in [-0.1, -0.05) is 24.3 Å². The quantitative estimate of drug-likeness (QED) is 0.607. The average molecular weight is 371 g/mol. The molecule has 1 aliphatic heterocycles. The summed E-state index contributed by atoms with van der Waals surface area (Å²) in [5.41, 5.74) is 3.67. The number of nitrogens with one attached hydrogen (secondary N) is 2. The molecule has 2 N–H and O–H groups in total. The van der Waals surface area contributed by atoms with Crippen molar-refractivity contribution in [3.63, 3.8) is 0 Å². The molecule has 2 heterocycles. The van der Waals surface area contributed by atoms with Gasteiger partial charge in [0.1, 0.15) is 0 Å². The minimum atomic E-state index is 0.266. The zero-order valence-corrected chi connectivity index (χ0v) is 16.2. The number of carbonyl (C=O) groups is 1. The molecule has 6 heteroatoms. The van der Waals surface area contributed by atoms with E-state index in [2.05, 4.69) is 58.3 Å². The van der Waals surface area contributed by atoms with E-state index in [9.17, 15) is 4.79 Å². The minimum absolute atomic E-state index is 0.266. The van der Waals surface area contributed by atoms with Gasteiger partial charge in [-0.3, -0.25) is 9.79 Å². The third kappa shape index (κ3) is 4.85. The number of hydrogen-bond donors (Lipinski definition) is 2. The number of aliphatic imine (C=N–C) groups is 1. The van der Waals surface area contributed by atoms with Crippen molar-refractivity contribution in [3.8, 4) is 0 Å². The first-order valence-electron chi connectivity index (χ1n) is 8.99. The molecule has 0 unspecified atom stereocenters. The van der Waals surface area contributed by atoms with Crippen LogP contribution in [0.5, 0.6) is 0 Å². The van der Waals surface area contributed by atoms with Crippen molar-refractivity contribution in [2.45, 2.75) is 39.4 Å². The lowest BCUT2D eigenvalue weighted by molar-refractivity contribution is -0.128. The molecule has 1 aliphatic rings. The van der Waals surface area contributed by atoms with Crippen molar-refractivity contribution in [1.29, 1.82) is 0 Å². The number of benzene rings is 1. The summed E-state index contributed by atoms with van der Waals surface area (Å²) >= 11 is 1.76. The van der Waals surface area contributed by atoms with Gasteiger partial charge in [-0.2, -0.15) is 0 Å². The van der Waals surface area contributed by atoms with Gasteiger partial charge in [0.15, 0.2) is 5.96 Å². The van der Waals surface area contributed by atoms with Gasteiger partial charge in [-0.05, 0) is 41.5 Å². The highest BCUT2D eigenvalue weighted by Crippen LogP contribution is 2.16. The predicted molar refractivity (Wildman–Crippen MR) is 107 cm³/mol. The van der Waals surface area contributed by atoms with Crippen molar-refractivity contribution >= 4 is 23.2 Å². The van der Waals surface area contributed by atoms with Crippen LogP contribution >= 0.6 is 11.3 Å². The number of rotatable bonds is 6. The van der Waals surface area contributed by atoms with Gasteiger partial charge >= 0.3 is 0 Å². The number of carbonyl (C=O) groups excluding carboxylic acids is 1. The van der Waals surface area contributed by atoms with Crippen molar-refractivity contribution in [1.82, 2.24) is 15.5 Å². The molecule has 0 atom stereocenters. The summed E-state index contributed by atoms with van der Waals surface area (Å²) in [5, 5.41) is 8.83. The van der Waals surface area contributed by atoms with Crippen LogP contribution in [-0.4, -0.2) is 30.4 Å². The van der Waals surface area contributed by atoms with E-state index in [1.807, 2.05) is 4.90 Å². The van der Waals surface area contributed by atoms with Crippen LogP contribution in [0.3, 0.4) is 0 Å². The van der Waals surface area contributed by atoms with Gasteiger partial charge in [0.2, 0.25) is 5.91 Å². The molecular formula is C20H26N4OS. The van der Waals surface area contributed by atoms with Crippen molar-refractivity contribution < 1.29 is 4.79 Å². The van der Waals surface area contributed by atoms with E-state index in [-0.39, 0.29) is 5.91 Å². The van der Waals surface area contributed by atoms with Crippen LogP contribution in [0, 0.1) is 6.92 Å². The van der Waals surface area contributed by atoms with Gasteiger partial charge < -0.3 is 15.5 Å². The van der Waals surface area contributed by atoms with Crippen molar-refractivity contribution in [2.75, 3.05) is 13.6 Å². The fraction of sp³-hybridized carbons (Fsp3) is 0.400. The molecule has 1 aromatic carbocycles. The molecule has 1 saturated heterocycles. The Bertz CT molecular complexity index is 784. The number of aryl methyl sites for hydroxylation is 1. The number of guanidine groups is 1. The lowest BCUT2D eigenvalue weighted by Gasteiger charge is -2.16. The van der Waals surface area contributed by atoms with Crippen molar-refractivity contribution in [2.24, 2.45) is 4.99 Å². The maximum Gasteiger partial charge on any atom is 0.222 e. The number of nitrogens with zero attached hydrogens (tertiary/aromatic N) is 2. The molecule has 1 amide bonds. The van der Waals surface area contributed by atoms with E-state index >= 15 is 0 Å². The third-order valence-corrected chi connectivity index (χ3v) is 5.63. The number of hydrogen-bond acceptors (Lipinski definition) is 3. The van der Waals surface area contributed by atoms with Gasteiger partial charge in [-0.15, -0.1) is 11.3 Å². The molecule has 0 radical (unpaired) electrons. The van der Waals surface area contributed by atoms with E-state index in [0.29, 0.717) is 19.5 Å². The largest absolute Gasteiger partial charge is 0.352 e. The van der Waals surface area contributed by atoms with Gasteiger partial charge in [0.05, 0.1) is 6.54 Å². The lowest BCUT2D eigenvalue weighted by atomic mass is 10.1. The Morgan fingerprint density at radius 1 is 1.23 bits per heavy atom. The molecule has 2 aromatic rings. The lowest BCUT2D eigenvalue weighted by Crippen LogP contribution is -2.36. The van der Waals surface area contributed by atoms with E-state index in [0.717, 1.165) is 25.5 Å². The standard InChI is InChI=1S/C20H26N4OS/c1-15-8-10-26-18(15)13-23-20(21-2)22-12-16-5-3-6-17(11-16)14-24-9-4-7-19(24)25/h3,5-6,8,10-11H,4,7,9,12-14H2,1-2H3,(H2,21,22,23). The molecule has 5 nitrogen and oxygen atoms in total. The summed E-state index contributed by atoms with van der Waals surface area (Å²) in [6.45, 7) is 5.18. The Morgan fingerprint density at radius 2 is 2.04 bits per heavy atom.